The van der Waals surface area contributed by atoms with Crippen LogP contribution in [-0.4, -0.2) is 29.2 Å². The Bertz CT molecular complexity index is 363. The molecule has 0 aromatic carbocycles. The first-order valence-electron chi connectivity index (χ1n) is 6.35. The number of aryl methyl sites for hydroxylation is 2. The zero-order valence-corrected chi connectivity index (χ0v) is 10.7. The highest BCUT2D eigenvalue weighted by Crippen LogP contribution is 2.17. The summed E-state index contributed by atoms with van der Waals surface area (Å²) in [6.45, 7) is 5.61. The minimum absolute atomic E-state index is 0.314. The summed E-state index contributed by atoms with van der Waals surface area (Å²) in [5.41, 5.74) is 8.92. The van der Waals surface area contributed by atoms with Crippen LogP contribution < -0.4 is 5.73 Å². The first-order valence-corrected chi connectivity index (χ1v) is 6.35. The monoisotopic (exact) mass is 235 g/mol. The van der Waals surface area contributed by atoms with Gasteiger partial charge in [0.2, 0.25) is 0 Å². The molecule has 1 fully saturated rings. The Hall–Kier alpha value is -1.00. The smallest absolute Gasteiger partial charge is 0.131 e. The van der Waals surface area contributed by atoms with Gasteiger partial charge in [-0.05, 0) is 45.2 Å². The van der Waals surface area contributed by atoms with Gasteiger partial charge in [-0.15, -0.1) is 0 Å². The van der Waals surface area contributed by atoms with Gasteiger partial charge < -0.3 is 10.5 Å². The van der Waals surface area contributed by atoms with Crippen LogP contribution in [0.3, 0.4) is 0 Å². The lowest BCUT2D eigenvalue weighted by Gasteiger charge is -2.12. The number of ether oxygens (including phenoxy) is 1. The first-order chi connectivity index (χ1) is 8.20. The Morgan fingerprint density at radius 3 is 2.53 bits per heavy atom. The van der Waals surface area contributed by atoms with Crippen LogP contribution in [-0.2, 0) is 17.6 Å². The predicted molar refractivity (Wildman–Crippen MR) is 66.9 cm³/mol. The van der Waals surface area contributed by atoms with Crippen molar-refractivity contribution in [3.8, 4) is 0 Å². The molecule has 1 atom stereocenters. The summed E-state index contributed by atoms with van der Waals surface area (Å²) in [6.07, 6.45) is 4.30. The average molecular weight is 235 g/mol. The number of rotatable bonds is 4. The number of nitrogens with zero attached hydrogens (tertiary/aromatic N) is 2. The summed E-state index contributed by atoms with van der Waals surface area (Å²) in [7, 11) is 0. The molecule has 0 aliphatic carbocycles. The topological polar surface area (TPSA) is 61.0 Å². The molecule has 0 saturated carbocycles. The Morgan fingerprint density at radius 2 is 2.00 bits per heavy atom. The molecular formula is C13H21N3O. The van der Waals surface area contributed by atoms with E-state index in [-0.39, 0.29) is 0 Å². The van der Waals surface area contributed by atoms with E-state index in [1.165, 1.54) is 5.56 Å². The Balaban J connectivity index is 2.13. The van der Waals surface area contributed by atoms with Gasteiger partial charge in [0.15, 0.2) is 0 Å². The summed E-state index contributed by atoms with van der Waals surface area (Å²) in [6, 6.07) is 0. The molecule has 4 heteroatoms. The molecule has 1 aliphatic rings. The molecule has 0 bridgehead atoms. The molecular weight excluding hydrogens is 214 g/mol. The molecule has 2 heterocycles. The quantitative estimate of drug-likeness (QED) is 0.855. The van der Waals surface area contributed by atoms with Crippen LogP contribution in [0.2, 0.25) is 0 Å². The van der Waals surface area contributed by atoms with Crippen molar-refractivity contribution < 1.29 is 4.74 Å². The maximum Gasteiger partial charge on any atom is 0.131 e. The van der Waals surface area contributed by atoms with Crippen molar-refractivity contribution in [1.82, 2.24) is 9.97 Å². The largest absolute Gasteiger partial charge is 0.378 e. The second kappa shape index (κ2) is 5.56. The molecule has 1 saturated heterocycles. The third-order valence-corrected chi connectivity index (χ3v) is 3.30. The Labute approximate surface area is 103 Å². The zero-order chi connectivity index (χ0) is 12.3. The van der Waals surface area contributed by atoms with Gasteiger partial charge in [0.1, 0.15) is 5.82 Å². The lowest BCUT2D eigenvalue weighted by Crippen LogP contribution is -2.15. The second-order valence-corrected chi connectivity index (χ2v) is 4.67. The van der Waals surface area contributed by atoms with Crippen molar-refractivity contribution in [1.29, 1.82) is 0 Å². The highest BCUT2D eigenvalue weighted by molar-refractivity contribution is 5.24. The normalized spacial score (nSPS) is 19.8. The van der Waals surface area contributed by atoms with Crippen LogP contribution in [0.1, 0.15) is 35.6 Å². The van der Waals surface area contributed by atoms with E-state index >= 15 is 0 Å². The molecule has 94 valence electrons. The van der Waals surface area contributed by atoms with E-state index in [4.69, 9.17) is 10.5 Å². The molecule has 0 amide bonds. The van der Waals surface area contributed by atoms with Crippen molar-refractivity contribution in [2.24, 2.45) is 5.73 Å². The molecule has 0 spiro atoms. The standard InChI is InChI=1S/C13H21N3O/c1-9-12(5-6-14)10(2)16-13(15-9)8-11-4-3-7-17-11/h11H,3-8,14H2,1-2H3. The van der Waals surface area contributed by atoms with Crippen LogP contribution in [0.25, 0.3) is 0 Å². The molecule has 1 unspecified atom stereocenters. The van der Waals surface area contributed by atoms with Gasteiger partial charge >= 0.3 is 0 Å². The summed E-state index contributed by atoms with van der Waals surface area (Å²) < 4.78 is 5.61. The third-order valence-electron chi connectivity index (χ3n) is 3.30. The summed E-state index contributed by atoms with van der Waals surface area (Å²) in [5.74, 6) is 0.910. The molecule has 1 aliphatic heterocycles. The number of nitrogens with two attached hydrogens (primary N) is 1. The van der Waals surface area contributed by atoms with Gasteiger partial charge in [-0.1, -0.05) is 0 Å². The van der Waals surface area contributed by atoms with Gasteiger partial charge in [0, 0.05) is 24.4 Å². The fourth-order valence-corrected chi connectivity index (χ4v) is 2.42. The van der Waals surface area contributed by atoms with Crippen molar-refractivity contribution >= 4 is 0 Å². The Kier molecular flexibility index (Phi) is 4.07. The third kappa shape index (κ3) is 3.01. The van der Waals surface area contributed by atoms with Crippen LogP contribution >= 0.6 is 0 Å². The highest BCUT2D eigenvalue weighted by Gasteiger charge is 2.18. The minimum atomic E-state index is 0.314. The van der Waals surface area contributed by atoms with Gasteiger partial charge in [0.25, 0.3) is 0 Å². The lowest BCUT2D eigenvalue weighted by molar-refractivity contribution is 0.110. The van der Waals surface area contributed by atoms with Crippen LogP contribution in [0, 0.1) is 13.8 Å². The fourth-order valence-electron chi connectivity index (χ4n) is 2.42. The lowest BCUT2D eigenvalue weighted by atomic mass is 10.1. The highest BCUT2D eigenvalue weighted by atomic mass is 16.5. The molecule has 1 aromatic rings. The van der Waals surface area contributed by atoms with E-state index in [9.17, 15) is 0 Å². The molecule has 4 nitrogen and oxygen atoms in total. The summed E-state index contributed by atoms with van der Waals surface area (Å²) in [4.78, 5) is 9.14. The van der Waals surface area contributed by atoms with Crippen molar-refractivity contribution in [3.63, 3.8) is 0 Å². The molecule has 2 N–H and O–H groups in total. The number of hydrogen-bond donors (Lipinski definition) is 1. The van der Waals surface area contributed by atoms with Crippen molar-refractivity contribution in [2.45, 2.75) is 45.6 Å². The summed E-state index contributed by atoms with van der Waals surface area (Å²) in [5, 5.41) is 0. The van der Waals surface area contributed by atoms with Crippen LogP contribution in [0.5, 0.6) is 0 Å². The molecule has 2 rings (SSSR count). The van der Waals surface area contributed by atoms with E-state index in [2.05, 4.69) is 9.97 Å². The Morgan fingerprint density at radius 1 is 1.29 bits per heavy atom. The second-order valence-electron chi connectivity index (χ2n) is 4.67. The van der Waals surface area contributed by atoms with E-state index < -0.39 is 0 Å². The van der Waals surface area contributed by atoms with Crippen LogP contribution in [0.4, 0.5) is 0 Å². The maximum atomic E-state index is 5.61. The maximum absolute atomic E-state index is 5.61. The summed E-state index contributed by atoms with van der Waals surface area (Å²) >= 11 is 0. The van der Waals surface area contributed by atoms with Gasteiger partial charge in [-0.25, -0.2) is 9.97 Å². The van der Waals surface area contributed by atoms with E-state index in [0.717, 1.165) is 49.5 Å². The number of hydrogen-bond acceptors (Lipinski definition) is 4. The molecule has 1 aromatic heterocycles. The van der Waals surface area contributed by atoms with Crippen molar-refractivity contribution in [3.05, 3.63) is 22.8 Å². The first kappa shape index (κ1) is 12.5. The zero-order valence-electron chi connectivity index (χ0n) is 10.7. The van der Waals surface area contributed by atoms with E-state index in [1.807, 2.05) is 13.8 Å². The van der Waals surface area contributed by atoms with Crippen molar-refractivity contribution in [2.75, 3.05) is 13.2 Å². The SMILES string of the molecule is Cc1nc(CC2CCCO2)nc(C)c1CCN. The van der Waals surface area contributed by atoms with Gasteiger partial charge in [-0.3, -0.25) is 0 Å². The fraction of sp³-hybridized carbons (Fsp3) is 0.692. The predicted octanol–water partition coefficient (Wildman–Crippen LogP) is 1.32. The van der Waals surface area contributed by atoms with Crippen LogP contribution in [0.15, 0.2) is 0 Å². The average Bonchev–Trinajstić information content (AvgIpc) is 2.76. The van der Waals surface area contributed by atoms with E-state index in [0.29, 0.717) is 12.6 Å². The van der Waals surface area contributed by atoms with Gasteiger partial charge in [0.05, 0.1) is 6.10 Å². The molecule has 0 radical (unpaired) electrons. The number of aromatic nitrogens is 2. The minimum Gasteiger partial charge on any atom is -0.378 e. The van der Waals surface area contributed by atoms with E-state index in [1.54, 1.807) is 0 Å². The van der Waals surface area contributed by atoms with Gasteiger partial charge in [-0.2, -0.15) is 0 Å². The molecule has 17 heavy (non-hydrogen) atoms.